The Morgan fingerprint density at radius 3 is 2.75 bits per heavy atom. The highest BCUT2D eigenvalue weighted by atomic mass is 35.5. The summed E-state index contributed by atoms with van der Waals surface area (Å²) in [7, 11) is 0. The molecule has 0 aromatic carbocycles. The SMILES string of the molecule is NC1(C2CC2)CN(c2ncc(Cl)cc2F)C1. The normalized spacial score (nSPS) is 23.1. The molecular formula is C11H13ClFN3. The van der Waals surface area contributed by atoms with Gasteiger partial charge in [0.05, 0.1) is 10.6 Å². The van der Waals surface area contributed by atoms with Gasteiger partial charge in [0.15, 0.2) is 11.6 Å². The fourth-order valence-corrected chi connectivity index (χ4v) is 2.52. The van der Waals surface area contributed by atoms with Crippen LogP contribution < -0.4 is 10.6 Å². The zero-order valence-corrected chi connectivity index (χ0v) is 9.54. The van der Waals surface area contributed by atoms with Gasteiger partial charge in [-0.05, 0) is 24.8 Å². The third kappa shape index (κ3) is 1.57. The van der Waals surface area contributed by atoms with Crippen molar-refractivity contribution in [3.63, 3.8) is 0 Å². The largest absolute Gasteiger partial charge is 0.350 e. The Hall–Kier alpha value is -0.870. The minimum atomic E-state index is -0.370. The molecule has 2 N–H and O–H groups in total. The molecule has 1 saturated carbocycles. The van der Waals surface area contributed by atoms with Crippen LogP contribution in [0.5, 0.6) is 0 Å². The fourth-order valence-electron chi connectivity index (χ4n) is 2.37. The average molecular weight is 242 g/mol. The lowest BCUT2D eigenvalue weighted by atomic mass is 9.86. The second-order valence-electron chi connectivity index (χ2n) is 4.82. The summed E-state index contributed by atoms with van der Waals surface area (Å²) in [6.07, 6.45) is 3.88. The second-order valence-corrected chi connectivity index (χ2v) is 5.26. The summed E-state index contributed by atoms with van der Waals surface area (Å²) in [6.45, 7) is 1.40. The van der Waals surface area contributed by atoms with Crippen LogP contribution in [-0.2, 0) is 0 Å². The number of nitrogens with two attached hydrogens (primary N) is 1. The van der Waals surface area contributed by atoms with Crippen LogP contribution in [0, 0.1) is 11.7 Å². The zero-order chi connectivity index (χ0) is 11.3. The molecule has 1 aliphatic heterocycles. The van der Waals surface area contributed by atoms with Crippen LogP contribution in [0.3, 0.4) is 0 Å². The molecule has 1 aromatic rings. The van der Waals surface area contributed by atoms with E-state index in [0.717, 1.165) is 0 Å². The number of anilines is 1. The maximum absolute atomic E-state index is 13.6. The van der Waals surface area contributed by atoms with Crippen LogP contribution in [-0.4, -0.2) is 23.6 Å². The van der Waals surface area contributed by atoms with Gasteiger partial charge >= 0.3 is 0 Å². The Morgan fingerprint density at radius 1 is 1.50 bits per heavy atom. The highest BCUT2D eigenvalue weighted by molar-refractivity contribution is 6.30. The van der Waals surface area contributed by atoms with Gasteiger partial charge in [0.1, 0.15) is 0 Å². The van der Waals surface area contributed by atoms with Crippen molar-refractivity contribution in [1.82, 2.24) is 4.98 Å². The Labute approximate surface area is 98.4 Å². The van der Waals surface area contributed by atoms with Gasteiger partial charge in [0, 0.05) is 19.3 Å². The maximum atomic E-state index is 13.6. The standard InChI is InChI=1S/C11H13ClFN3/c12-8-3-9(13)10(15-4-8)16-5-11(14,6-16)7-1-2-7/h3-4,7H,1-2,5-6,14H2. The zero-order valence-electron chi connectivity index (χ0n) is 8.79. The number of nitrogens with zero attached hydrogens (tertiary/aromatic N) is 2. The lowest BCUT2D eigenvalue weighted by Gasteiger charge is -2.48. The van der Waals surface area contributed by atoms with E-state index in [0.29, 0.717) is 29.8 Å². The van der Waals surface area contributed by atoms with Crippen LogP contribution in [0.25, 0.3) is 0 Å². The molecule has 16 heavy (non-hydrogen) atoms. The van der Waals surface area contributed by atoms with Gasteiger partial charge in [0.25, 0.3) is 0 Å². The van der Waals surface area contributed by atoms with Gasteiger partial charge in [-0.25, -0.2) is 9.37 Å². The van der Waals surface area contributed by atoms with Crippen molar-refractivity contribution in [1.29, 1.82) is 0 Å². The monoisotopic (exact) mass is 241 g/mol. The van der Waals surface area contributed by atoms with Gasteiger partial charge in [-0.2, -0.15) is 0 Å². The summed E-state index contributed by atoms with van der Waals surface area (Å²) in [5.41, 5.74) is 6.08. The first-order valence-corrected chi connectivity index (χ1v) is 5.81. The summed E-state index contributed by atoms with van der Waals surface area (Å²) in [5.74, 6) is 0.621. The molecule has 2 fully saturated rings. The van der Waals surface area contributed by atoms with E-state index in [1.165, 1.54) is 25.1 Å². The summed E-state index contributed by atoms with van der Waals surface area (Å²) in [5, 5.41) is 0.322. The first-order valence-electron chi connectivity index (χ1n) is 5.43. The van der Waals surface area contributed by atoms with E-state index in [4.69, 9.17) is 17.3 Å². The van der Waals surface area contributed by atoms with E-state index in [9.17, 15) is 4.39 Å². The molecule has 0 spiro atoms. The van der Waals surface area contributed by atoms with E-state index in [1.807, 2.05) is 4.90 Å². The molecule has 0 unspecified atom stereocenters. The molecule has 1 aliphatic carbocycles. The molecule has 3 rings (SSSR count). The van der Waals surface area contributed by atoms with Gasteiger partial charge < -0.3 is 10.6 Å². The Kier molecular flexibility index (Phi) is 2.13. The summed E-state index contributed by atoms with van der Waals surface area (Å²) >= 11 is 5.65. The molecule has 0 atom stereocenters. The summed E-state index contributed by atoms with van der Waals surface area (Å²) < 4.78 is 13.6. The maximum Gasteiger partial charge on any atom is 0.167 e. The lowest BCUT2D eigenvalue weighted by Crippen LogP contribution is -2.69. The van der Waals surface area contributed by atoms with Crippen molar-refractivity contribution in [3.8, 4) is 0 Å². The smallest absolute Gasteiger partial charge is 0.167 e. The minimum Gasteiger partial charge on any atom is -0.350 e. The van der Waals surface area contributed by atoms with E-state index in [2.05, 4.69) is 4.98 Å². The minimum absolute atomic E-state index is 0.117. The first kappa shape index (κ1) is 10.3. The van der Waals surface area contributed by atoms with Crippen LogP contribution in [0.4, 0.5) is 10.2 Å². The second kappa shape index (κ2) is 3.31. The predicted octanol–water partition coefficient (Wildman–Crippen LogP) is 1.80. The quantitative estimate of drug-likeness (QED) is 0.859. The van der Waals surface area contributed by atoms with Crippen LogP contribution in [0.1, 0.15) is 12.8 Å². The lowest BCUT2D eigenvalue weighted by molar-refractivity contribution is 0.287. The van der Waals surface area contributed by atoms with E-state index in [-0.39, 0.29) is 11.4 Å². The third-order valence-electron chi connectivity index (χ3n) is 3.45. The highest BCUT2D eigenvalue weighted by Gasteiger charge is 2.51. The fraction of sp³-hybridized carbons (Fsp3) is 0.545. The van der Waals surface area contributed by atoms with Crippen molar-refractivity contribution in [2.45, 2.75) is 18.4 Å². The van der Waals surface area contributed by atoms with Gasteiger partial charge in [-0.1, -0.05) is 11.6 Å². The average Bonchev–Trinajstić information content (AvgIpc) is 2.97. The molecule has 3 nitrogen and oxygen atoms in total. The summed E-state index contributed by atoms with van der Waals surface area (Å²) in [6, 6.07) is 1.29. The number of pyridine rings is 1. The molecular weight excluding hydrogens is 229 g/mol. The number of hydrogen-bond donors (Lipinski definition) is 1. The Bertz CT molecular complexity index is 427. The van der Waals surface area contributed by atoms with E-state index < -0.39 is 0 Å². The topological polar surface area (TPSA) is 42.1 Å². The molecule has 0 amide bonds. The summed E-state index contributed by atoms with van der Waals surface area (Å²) in [4.78, 5) is 5.89. The van der Waals surface area contributed by atoms with Crippen molar-refractivity contribution in [3.05, 3.63) is 23.1 Å². The molecule has 5 heteroatoms. The number of halogens is 2. The van der Waals surface area contributed by atoms with Gasteiger partial charge in [-0.3, -0.25) is 0 Å². The molecule has 1 saturated heterocycles. The number of rotatable bonds is 2. The van der Waals surface area contributed by atoms with Gasteiger partial charge in [-0.15, -0.1) is 0 Å². The third-order valence-corrected chi connectivity index (χ3v) is 3.66. The van der Waals surface area contributed by atoms with E-state index in [1.54, 1.807) is 0 Å². The van der Waals surface area contributed by atoms with Crippen molar-refractivity contribution in [2.75, 3.05) is 18.0 Å². The van der Waals surface area contributed by atoms with Crippen molar-refractivity contribution >= 4 is 17.4 Å². The van der Waals surface area contributed by atoms with E-state index >= 15 is 0 Å². The highest BCUT2D eigenvalue weighted by Crippen LogP contribution is 2.44. The first-order chi connectivity index (χ1) is 7.58. The Morgan fingerprint density at radius 2 is 2.19 bits per heavy atom. The van der Waals surface area contributed by atoms with Crippen molar-refractivity contribution < 1.29 is 4.39 Å². The molecule has 0 radical (unpaired) electrons. The van der Waals surface area contributed by atoms with Gasteiger partial charge in [0.2, 0.25) is 0 Å². The molecule has 2 heterocycles. The van der Waals surface area contributed by atoms with Crippen LogP contribution in [0.15, 0.2) is 12.3 Å². The Balaban J connectivity index is 1.75. The molecule has 2 aliphatic rings. The number of aromatic nitrogens is 1. The van der Waals surface area contributed by atoms with Crippen LogP contribution in [0.2, 0.25) is 5.02 Å². The predicted molar refractivity (Wildman–Crippen MR) is 61.1 cm³/mol. The molecule has 0 bridgehead atoms. The number of hydrogen-bond acceptors (Lipinski definition) is 3. The molecule has 86 valence electrons. The molecule has 1 aromatic heterocycles. The van der Waals surface area contributed by atoms with Crippen LogP contribution >= 0.6 is 11.6 Å². The van der Waals surface area contributed by atoms with Crippen molar-refractivity contribution in [2.24, 2.45) is 11.7 Å².